The third-order valence-electron chi connectivity index (χ3n) is 2.33. The van der Waals surface area contributed by atoms with Gasteiger partial charge in [-0.1, -0.05) is 27.2 Å². The number of carbonyl (C=O) groups is 1. The first-order valence-electron chi connectivity index (χ1n) is 5.61. The number of hydrogen-bond donors (Lipinski definition) is 2. The third kappa shape index (κ3) is 9.53. The number of nitrogens with two attached hydrogens (primary N) is 1. The first-order chi connectivity index (χ1) is 6.98. The molecule has 15 heavy (non-hydrogen) atoms. The van der Waals surface area contributed by atoms with Crippen molar-refractivity contribution in [3.05, 3.63) is 0 Å². The van der Waals surface area contributed by atoms with E-state index in [0.717, 1.165) is 19.5 Å². The molecular weight excluding hydrogens is 192 g/mol. The summed E-state index contributed by atoms with van der Waals surface area (Å²) in [7, 11) is 0. The molecule has 4 heteroatoms. The minimum absolute atomic E-state index is 0.142. The molecule has 0 aromatic rings. The van der Waals surface area contributed by atoms with Gasteiger partial charge in [-0.05, 0) is 24.8 Å². The molecule has 3 N–H and O–H groups in total. The van der Waals surface area contributed by atoms with Crippen molar-refractivity contribution in [3.63, 3.8) is 0 Å². The molecule has 0 bridgehead atoms. The molecule has 0 rings (SSSR count). The first kappa shape index (κ1) is 14.2. The van der Waals surface area contributed by atoms with E-state index >= 15 is 0 Å². The minimum atomic E-state index is -0.690. The average molecular weight is 216 g/mol. The van der Waals surface area contributed by atoms with Crippen molar-refractivity contribution >= 4 is 6.09 Å². The molecular formula is C11H24N2O2. The van der Waals surface area contributed by atoms with Crippen LogP contribution in [-0.4, -0.2) is 25.8 Å². The van der Waals surface area contributed by atoms with Crippen molar-refractivity contribution in [3.8, 4) is 0 Å². The SMILES string of the molecule is CCCCNCC(C)(C)CCOC(N)=O. The smallest absolute Gasteiger partial charge is 0.404 e. The van der Waals surface area contributed by atoms with Gasteiger partial charge in [0.15, 0.2) is 0 Å². The molecule has 0 unspecified atom stereocenters. The molecule has 0 saturated heterocycles. The van der Waals surface area contributed by atoms with Crippen LogP contribution in [0, 0.1) is 5.41 Å². The summed E-state index contributed by atoms with van der Waals surface area (Å²) in [6, 6.07) is 0. The van der Waals surface area contributed by atoms with E-state index in [1.807, 2.05) is 0 Å². The fourth-order valence-electron chi connectivity index (χ4n) is 1.24. The van der Waals surface area contributed by atoms with Crippen molar-refractivity contribution in [2.75, 3.05) is 19.7 Å². The van der Waals surface area contributed by atoms with Gasteiger partial charge in [-0.15, -0.1) is 0 Å². The summed E-state index contributed by atoms with van der Waals surface area (Å²) in [4.78, 5) is 10.4. The number of amides is 1. The van der Waals surface area contributed by atoms with Gasteiger partial charge in [-0.2, -0.15) is 0 Å². The number of hydrogen-bond acceptors (Lipinski definition) is 3. The van der Waals surface area contributed by atoms with E-state index in [1.54, 1.807) is 0 Å². The Morgan fingerprint density at radius 2 is 2.13 bits per heavy atom. The Kier molecular flexibility index (Phi) is 7.13. The van der Waals surface area contributed by atoms with Crippen molar-refractivity contribution in [2.24, 2.45) is 11.1 Å². The summed E-state index contributed by atoms with van der Waals surface area (Å²) in [6.45, 7) is 8.86. The van der Waals surface area contributed by atoms with Crippen LogP contribution in [0.1, 0.15) is 40.0 Å². The van der Waals surface area contributed by atoms with Gasteiger partial charge in [0.1, 0.15) is 0 Å². The van der Waals surface area contributed by atoms with E-state index in [9.17, 15) is 4.79 Å². The lowest BCUT2D eigenvalue weighted by molar-refractivity contribution is 0.136. The quantitative estimate of drug-likeness (QED) is 0.609. The number of unbranched alkanes of at least 4 members (excludes halogenated alkanes) is 1. The van der Waals surface area contributed by atoms with Crippen molar-refractivity contribution in [1.29, 1.82) is 0 Å². The fraction of sp³-hybridized carbons (Fsp3) is 0.909. The highest BCUT2D eigenvalue weighted by molar-refractivity contribution is 5.64. The highest BCUT2D eigenvalue weighted by atomic mass is 16.5. The van der Waals surface area contributed by atoms with Gasteiger partial charge in [0.05, 0.1) is 6.61 Å². The summed E-state index contributed by atoms with van der Waals surface area (Å²) in [5, 5.41) is 3.39. The standard InChI is InChI=1S/C11H24N2O2/c1-4-5-7-13-9-11(2,3)6-8-15-10(12)14/h13H,4-9H2,1-3H3,(H2,12,14). The van der Waals surface area contributed by atoms with Crippen LogP contribution >= 0.6 is 0 Å². The van der Waals surface area contributed by atoms with Crippen LogP contribution < -0.4 is 11.1 Å². The Morgan fingerprint density at radius 3 is 2.67 bits per heavy atom. The Balaban J connectivity index is 3.53. The maximum Gasteiger partial charge on any atom is 0.404 e. The number of carbonyl (C=O) groups excluding carboxylic acids is 1. The zero-order valence-electron chi connectivity index (χ0n) is 10.1. The highest BCUT2D eigenvalue weighted by Gasteiger charge is 2.17. The maximum absolute atomic E-state index is 10.4. The summed E-state index contributed by atoms with van der Waals surface area (Å²) in [6.07, 6.45) is 2.55. The predicted molar refractivity (Wildman–Crippen MR) is 61.7 cm³/mol. The number of primary amides is 1. The van der Waals surface area contributed by atoms with Crippen molar-refractivity contribution in [2.45, 2.75) is 40.0 Å². The molecule has 0 atom stereocenters. The number of nitrogens with one attached hydrogen (secondary N) is 1. The summed E-state index contributed by atoms with van der Waals surface area (Å²) in [5.41, 5.74) is 5.03. The van der Waals surface area contributed by atoms with E-state index in [2.05, 4.69) is 26.1 Å². The van der Waals surface area contributed by atoms with E-state index in [1.165, 1.54) is 12.8 Å². The maximum atomic E-state index is 10.4. The second kappa shape index (κ2) is 7.51. The summed E-state index contributed by atoms with van der Waals surface area (Å²) < 4.78 is 4.72. The zero-order chi connectivity index (χ0) is 11.7. The van der Waals surface area contributed by atoms with Crippen LogP contribution in [0.25, 0.3) is 0 Å². The van der Waals surface area contributed by atoms with E-state index < -0.39 is 6.09 Å². The highest BCUT2D eigenvalue weighted by Crippen LogP contribution is 2.18. The molecule has 4 nitrogen and oxygen atoms in total. The topological polar surface area (TPSA) is 64.3 Å². The molecule has 0 aliphatic carbocycles. The Hall–Kier alpha value is -0.770. The van der Waals surface area contributed by atoms with Gasteiger partial charge < -0.3 is 15.8 Å². The molecule has 1 amide bonds. The molecule has 0 heterocycles. The molecule has 0 aliphatic heterocycles. The van der Waals surface area contributed by atoms with Crippen LogP contribution in [-0.2, 0) is 4.74 Å². The number of rotatable bonds is 8. The fourth-order valence-corrected chi connectivity index (χ4v) is 1.24. The normalized spacial score (nSPS) is 11.4. The van der Waals surface area contributed by atoms with Gasteiger partial charge in [-0.3, -0.25) is 0 Å². The predicted octanol–water partition coefficient (Wildman–Crippen LogP) is 1.89. The van der Waals surface area contributed by atoms with Crippen LogP contribution in [0.15, 0.2) is 0 Å². The Bertz CT molecular complexity index is 181. The molecule has 0 saturated carbocycles. The largest absolute Gasteiger partial charge is 0.450 e. The molecule has 0 spiro atoms. The third-order valence-corrected chi connectivity index (χ3v) is 2.33. The second-order valence-electron chi connectivity index (χ2n) is 4.61. The van der Waals surface area contributed by atoms with E-state index in [4.69, 9.17) is 10.5 Å². The molecule has 0 aromatic heterocycles. The van der Waals surface area contributed by atoms with Crippen LogP contribution in [0.3, 0.4) is 0 Å². The van der Waals surface area contributed by atoms with Gasteiger partial charge in [-0.25, -0.2) is 4.79 Å². The molecule has 0 aromatic carbocycles. The van der Waals surface area contributed by atoms with Gasteiger partial charge in [0.2, 0.25) is 0 Å². The summed E-state index contributed by atoms with van der Waals surface area (Å²) in [5.74, 6) is 0. The van der Waals surface area contributed by atoms with Gasteiger partial charge in [0, 0.05) is 6.54 Å². The van der Waals surface area contributed by atoms with Gasteiger partial charge >= 0.3 is 6.09 Å². The molecule has 90 valence electrons. The van der Waals surface area contributed by atoms with E-state index in [-0.39, 0.29) is 5.41 Å². The second-order valence-corrected chi connectivity index (χ2v) is 4.61. The zero-order valence-corrected chi connectivity index (χ0v) is 10.1. The van der Waals surface area contributed by atoms with Crippen molar-refractivity contribution in [1.82, 2.24) is 5.32 Å². The lowest BCUT2D eigenvalue weighted by Crippen LogP contribution is -2.31. The Morgan fingerprint density at radius 1 is 1.47 bits per heavy atom. The minimum Gasteiger partial charge on any atom is -0.450 e. The van der Waals surface area contributed by atoms with Crippen LogP contribution in [0.4, 0.5) is 4.79 Å². The monoisotopic (exact) mass is 216 g/mol. The molecule has 0 aliphatic rings. The molecule has 0 radical (unpaired) electrons. The van der Waals surface area contributed by atoms with Crippen LogP contribution in [0.2, 0.25) is 0 Å². The molecule has 0 fully saturated rings. The Labute approximate surface area is 92.6 Å². The first-order valence-corrected chi connectivity index (χ1v) is 5.61. The average Bonchev–Trinajstić information content (AvgIpc) is 2.11. The lowest BCUT2D eigenvalue weighted by Gasteiger charge is -2.24. The van der Waals surface area contributed by atoms with Gasteiger partial charge in [0.25, 0.3) is 0 Å². The number of ether oxygens (including phenoxy) is 1. The lowest BCUT2D eigenvalue weighted by atomic mass is 9.90. The summed E-state index contributed by atoms with van der Waals surface area (Å²) >= 11 is 0. The van der Waals surface area contributed by atoms with E-state index in [0.29, 0.717) is 6.61 Å². The van der Waals surface area contributed by atoms with Crippen molar-refractivity contribution < 1.29 is 9.53 Å². The van der Waals surface area contributed by atoms with Crippen LogP contribution in [0.5, 0.6) is 0 Å².